The fourth-order valence-corrected chi connectivity index (χ4v) is 1.21. The molecule has 0 heterocycles. The molecular formula is C7H16ClN. The Hall–Kier alpha value is 0.250. The Morgan fingerprint density at radius 1 is 1.22 bits per heavy atom. The molecule has 0 aliphatic heterocycles. The molecule has 0 saturated carbocycles. The van der Waals surface area contributed by atoms with Crippen LogP contribution >= 0.6 is 11.6 Å². The summed E-state index contributed by atoms with van der Waals surface area (Å²) in [6, 6.07) is 0. The molecule has 0 aromatic heterocycles. The average molecular weight is 150 g/mol. The van der Waals surface area contributed by atoms with E-state index in [1.165, 1.54) is 0 Å². The van der Waals surface area contributed by atoms with Gasteiger partial charge in [0.2, 0.25) is 0 Å². The Kier molecular flexibility index (Phi) is 3.52. The van der Waals surface area contributed by atoms with Gasteiger partial charge in [-0.3, -0.25) is 4.90 Å². The van der Waals surface area contributed by atoms with Crippen LogP contribution < -0.4 is 0 Å². The number of hydrogen-bond donors (Lipinski definition) is 0. The standard InChI is InChI=1S/C7H16ClN/c1-5-9(6-2)7(3,4)8/h5-6H2,1-4H3. The van der Waals surface area contributed by atoms with Crippen molar-refractivity contribution < 1.29 is 0 Å². The van der Waals surface area contributed by atoms with E-state index in [2.05, 4.69) is 18.7 Å². The van der Waals surface area contributed by atoms with E-state index in [4.69, 9.17) is 11.6 Å². The Morgan fingerprint density at radius 3 is 1.56 bits per heavy atom. The van der Waals surface area contributed by atoms with Gasteiger partial charge in [-0.05, 0) is 26.9 Å². The summed E-state index contributed by atoms with van der Waals surface area (Å²) in [4.78, 5) is 2.03. The molecule has 0 aliphatic carbocycles. The molecule has 2 heteroatoms. The maximum absolute atomic E-state index is 6.03. The second kappa shape index (κ2) is 3.43. The number of alkyl halides is 1. The third-order valence-corrected chi connectivity index (χ3v) is 1.75. The first-order valence-electron chi connectivity index (χ1n) is 3.46. The predicted molar refractivity (Wildman–Crippen MR) is 42.9 cm³/mol. The van der Waals surface area contributed by atoms with Gasteiger partial charge in [-0.1, -0.05) is 13.8 Å². The zero-order chi connectivity index (χ0) is 7.49. The molecule has 9 heavy (non-hydrogen) atoms. The number of halogens is 1. The third-order valence-electron chi connectivity index (χ3n) is 1.52. The van der Waals surface area contributed by atoms with Crippen LogP contribution in [0.5, 0.6) is 0 Å². The summed E-state index contributed by atoms with van der Waals surface area (Å²) >= 11 is 6.03. The van der Waals surface area contributed by atoms with E-state index >= 15 is 0 Å². The molecule has 0 unspecified atom stereocenters. The van der Waals surface area contributed by atoms with Crippen LogP contribution in [0.4, 0.5) is 0 Å². The first kappa shape index (κ1) is 9.25. The van der Waals surface area contributed by atoms with E-state index < -0.39 is 0 Å². The minimum Gasteiger partial charge on any atom is -0.286 e. The highest BCUT2D eigenvalue weighted by molar-refractivity contribution is 6.23. The second-order valence-corrected chi connectivity index (χ2v) is 3.51. The van der Waals surface area contributed by atoms with Crippen molar-refractivity contribution in [1.29, 1.82) is 0 Å². The van der Waals surface area contributed by atoms with Gasteiger partial charge in [0, 0.05) is 0 Å². The summed E-state index contributed by atoms with van der Waals surface area (Å²) in [5.41, 5.74) is 0. The SMILES string of the molecule is CCN(CC)C(C)(C)Cl. The lowest BCUT2D eigenvalue weighted by Crippen LogP contribution is -2.38. The van der Waals surface area contributed by atoms with Gasteiger partial charge in [0.05, 0.1) is 5.00 Å². The van der Waals surface area contributed by atoms with Crippen LogP contribution in [0.25, 0.3) is 0 Å². The lowest BCUT2D eigenvalue weighted by Gasteiger charge is -2.30. The van der Waals surface area contributed by atoms with Crippen molar-refractivity contribution in [3.63, 3.8) is 0 Å². The molecule has 0 bridgehead atoms. The summed E-state index contributed by atoms with van der Waals surface area (Å²) in [5, 5.41) is 0. The molecule has 0 aromatic rings. The van der Waals surface area contributed by atoms with E-state index in [1.54, 1.807) is 0 Å². The molecule has 0 fully saturated rings. The number of hydrogen-bond acceptors (Lipinski definition) is 1. The lowest BCUT2D eigenvalue weighted by atomic mass is 10.3. The monoisotopic (exact) mass is 149 g/mol. The summed E-state index contributed by atoms with van der Waals surface area (Å²) in [6.45, 7) is 10.3. The molecule has 56 valence electrons. The molecule has 0 N–H and O–H groups in total. The Bertz CT molecular complexity index is 71.5. The molecule has 0 aromatic carbocycles. The largest absolute Gasteiger partial charge is 0.286 e. The van der Waals surface area contributed by atoms with Crippen LogP contribution in [0.2, 0.25) is 0 Å². The topological polar surface area (TPSA) is 3.24 Å². The maximum Gasteiger partial charge on any atom is 0.0903 e. The molecule has 0 saturated heterocycles. The highest BCUT2D eigenvalue weighted by Crippen LogP contribution is 2.17. The van der Waals surface area contributed by atoms with Crippen molar-refractivity contribution in [3.8, 4) is 0 Å². The quantitative estimate of drug-likeness (QED) is 0.440. The first-order valence-corrected chi connectivity index (χ1v) is 3.84. The number of rotatable bonds is 3. The van der Waals surface area contributed by atoms with Gasteiger partial charge in [0.25, 0.3) is 0 Å². The van der Waals surface area contributed by atoms with Gasteiger partial charge < -0.3 is 0 Å². The van der Waals surface area contributed by atoms with Gasteiger partial charge in [0.1, 0.15) is 0 Å². The van der Waals surface area contributed by atoms with Crippen molar-refractivity contribution in [2.45, 2.75) is 32.7 Å². The predicted octanol–water partition coefficient (Wildman–Crippen LogP) is 2.30. The van der Waals surface area contributed by atoms with Crippen molar-refractivity contribution in [2.75, 3.05) is 13.1 Å². The average Bonchev–Trinajstić information content (AvgIpc) is 1.65. The lowest BCUT2D eigenvalue weighted by molar-refractivity contribution is 0.211. The van der Waals surface area contributed by atoms with Crippen LogP contribution in [0.3, 0.4) is 0 Å². The van der Waals surface area contributed by atoms with Gasteiger partial charge in [-0.15, -0.1) is 11.6 Å². The van der Waals surface area contributed by atoms with Gasteiger partial charge in [-0.25, -0.2) is 0 Å². The van der Waals surface area contributed by atoms with Gasteiger partial charge in [-0.2, -0.15) is 0 Å². The minimum atomic E-state index is -0.177. The van der Waals surface area contributed by atoms with Crippen molar-refractivity contribution in [1.82, 2.24) is 4.90 Å². The van der Waals surface area contributed by atoms with E-state index in [9.17, 15) is 0 Å². The fourth-order valence-electron chi connectivity index (χ4n) is 0.976. The molecular weight excluding hydrogens is 134 g/mol. The molecule has 0 aliphatic rings. The van der Waals surface area contributed by atoms with Crippen molar-refractivity contribution in [3.05, 3.63) is 0 Å². The van der Waals surface area contributed by atoms with Gasteiger partial charge in [0.15, 0.2) is 0 Å². The second-order valence-electron chi connectivity index (χ2n) is 2.58. The Balaban J connectivity index is 3.79. The van der Waals surface area contributed by atoms with E-state index in [1.807, 2.05) is 13.8 Å². The Labute approximate surface area is 63.0 Å². The molecule has 0 spiro atoms. The first-order chi connectivity index (χ1) is 4.02. The summed E-state index contributed by atoms with van der Waals surface area (Å²) < 4.78 is 0. The molecule has 0 rings (SSSR count). The van der Waals surface area contributed by atoms with Crippen molar-refractivity contribution >= 4 is 11.6 Å². The van der Waals surface area contributed by atoms with Crippen LogP contribution in [-0.4, -0.2) is 23.0 Å². The summed E-state index contributed by atoms with van der Waals surface area (Å²) in [6.07, 6.45) is 0. The van der Waals surface area contributed by atoms with E-state index in [0.29, 0.717) is 0 Å². The maximum atomic E-state index is 6.03. The van der Waals surface area contributed by atoms with Crippen LogP contribution in [0, 0.1) is 0 Å². The van der Waals surface area contributed by atoms with Crippen LogP contribution in [0.15, 0.2) is 0 Å². The smallest absolute Gasteiger partial charge is 0.0903 e. The molecule has 0 amide bonds. The van der Waals surface area contributed by atoms with Crippen molar-refractivity contribution in [2.24, 2.45) is 0 Å². The fraction of sp³-hybridized carbons (Fsp3) is 1.00. The van der Waals surface area contributed by atoms with Crippen LogP contribution in [-0.2, 0) is 0 Å². The van der Waals surface area contributed by atoms with E-state index in [0.717, 1.165) is 13.1 Å². The molecule has 0 radical (unpaired) electrons. The normalized spacial score (nSPS) is 12.7. The Morgan fingerprint density at radius 2 is 1.56 bits per heavy atom. The molecule has 1 nitrogen and oxygen atoms in total. The van der Waals surface area contributed by atoms with Crippen LogP contribution in [0.1, 0.15) is 27.7 Å². The van der Waals surface area contributed by atoms with E-state index in [-0.39, 0.29) is 5.00 Å². The highest BCUT2D eigenvalue weighted by Gasteiger charge is 2.19. The summed E-state index contributed by atoms with van der Waals surface area (Å²) in [7, 11) is 0. The summed E-state index contributed by atoms with van der Waals surface area (Å²) in [5.74, 6) is 0. The molecule has 0 atom stereocenters. The highest BCUT2D eigenvalue weighted by atomic mass is 35.5. The zero-order valence-corrected chi connectivity index (χ0v) is 7.50. The third kappa shape index (κ3) is 3.07. The van der Waals surface area contributed by atoms with Gasteiger partial charge >= 0.3 is 0 Å². The number of nitrogens with zero attached hydrogens (tertiary/aromatic N) is 1. The minimum absolute atomic E-state index is 0.177. The zero-order valence-electron chi connectivity index (χ0n) is 6.74.